The molecule has 0 aliphatic rings. The average molecular weight is 515 g/mol. The highest BCUT2D eigenvalue weighted by molar-refractivity contribution is 7.99. The summed E-state index contributed by atoms with van der Waals surface area (Å²) >= 11 is 2.68. The van der Waals surface area contributed by atoms with Gasteiger partial charge in [-0.25, -0.2) is 19.9 Å². The van der Waals surface area contributed by atoms with Gasteiger partial charge in [-0.2, -0.15) is 0 Å². The molecule has 0 bridgehead atoms. The molecule has 0 atom stereocenters. The molecule has 0 fully saturated rings. The fourth-order valence-corrected chi connectivity index (χ4v) is 5.41. The van der Waals surface area contributed by atoms with Crippen LogP contribution in [-0.4, -0.2) is 36.0 Å². The van der Waals surface area contributed by atoms with E-state index in [2.05, 4.69) is 19.9 Å². The third-order valence-electron chi connectivity index (χ3n) is 5.47. The van der Waals surface area contributed by atoms with Gasteiger partial charge in [-0.15, -0.1) is 11.3 Å². The molecule has 0 aliphatic heterocycles. The summed E-state index contributed by atoms with van der Waals surface area (Å²) in [4.78, 5) is 43.5. The van der Waals surface area contributed by atoms with Gasteiger partial charge in [0.05, 0.1) is 17.9 Å². The van der Waals surface area contributed by atoms with E-state index in [0.717, 1.165) is 21.8 Å². The Bertz CT molecular complexity index is 1580. The van der Waals surface area contributed by atoms with Gasteiger partial charge in [0.2, 0.25) is 0 Å². The summed E-state index contributed by atoms with van der Waals surface area (Å²) in [7, 11) is 0. The number of thioether (sulfide) groups is 1. The van der Waals surface area contributed by atoms with Crippen LogP contribution in [0.3, 0.4) is 0 Å². The molecule has 8 nitrogen and oxygen atoms in total. The lowest BCUT2D eigenvalue weighted by Crippen LogP contribution is -2.25. The first-order chi connectivity index (χ1) is 17.6. The van der Waals surface area contributed by atoms with Crippen molar-refractivity contribution in [3.63, 3.8) is 0 Å². The summed E-state index contributed by atoms with van der Waals surface area (Å²) in [5, 5.41) is 3.11. The number of nitrogens with zero attached hydrogens (tertiary/aromatic N) is 5. The number of Topliss-reactive ketones (excluding diaryl/α,β-unsaturated/α-hetero) is 1. The van der Waals surface area contributed by atoms with Gasteiger partial charge in [0.1, 0.15) is 10.8 Å². The second-order valence-corrected chi connectivity index (χ2v) is 9.96. The highest BCUT2D eigenvalue weighted by Gasteiger charge is 2.16. The van der Waals surface area contributed by atoms with E-state index < -0.39 is 0 Å². The molecule has 36 heavy (non-hydrogen) atoms. The van der Waals surface area contributed by atoms with E-state index in [1.807, 2.05) is 60.0 Å². The summed E-state index contributed by atoms with van der Waals surface area (Å²) in [6.07, 6.45) is 3.85. The molecule has 2 N–H and O–H groups in total. The van der Waals surface area contributed by atoms with Crippen LogP contribution in [0.4, 0.5) is 5.69 Å². The lowest BCUT2D eigenvalue weighted by Gasteiger charge is -2.12. The number of fused-ring (bicyclic) bond motifs is 1. The number of anilines is 1. The van der Waals surface area contributed by atoms with Gasteiger partial charge >= 0.3 is 0 Å². The van der Waals surface area contributed by atoms with Crippen LogP contribution in [0.5, 0.6) is 0 Å². The van der Waals surface area contributed by atoms with E-state index in [1.165, 1.54) is 35.5 Å². The number of ketones is 1. The van der Waals surface area contributed by atoms with Gasteiger partial charge in [0, 0.05) is 35.6 Å². The number of thiazole rings is 1. The quantitative estimate of drug-likeness (QED) is 0.178. The first kappa shape index (κ1) is 23.8. The van der Waals surface area contributed by atoms with E-state index in [1.54, 1.807) is 4.57 Å². The molecule has 0 amide bonds. The van der Waals surface area contributed by atoms with Crippen molar-refractivity contribution >= 4 is 45.7 Å². The van der Waals surface area contributed by atoms with Crippen LogP contribution < -0.4 is 11.3 Å². The number of rotatable bonds is 9. The number of hydrogen-bond acceptors (Lipinski definition) is 9. The molecule has 0 aliphatic carbocycles. The lowest BCUT2D eigenvalue weighted by molar-refractivity contribution is -0.116. The van der Waals surface area contributed by atoms with Crippen molar-refractivity contribution < 1.29 is 4.79 Å². The number of nitrogen functional groups attached to an aromatic ring is 1. The molecule has 3 heterocycles. The highest BCUT2D eigenvalue weighted by Crippen LogP contribution is 2.24. The average Bonchev–Trinajstić information content (AvgIpc) is 3.36. The Labute approximate surface area is 215 Å². The van der Waals surface area contributed by atoms with Crippen molar-refractivity contribution in [2.75, 3.05) is 11.5 Å². The largest absolute Gasteiger partial charge is 0.399 e. The number of aromatic nitrogens is 5. The monoisotopic (exact) mass is 514 g/mol. The lowest BCUT2D eigenvalue weighted by atomic mass is 10.1. The van der Waals surface area contributed by atoms with Gasteiger partial charge in [0.15, 0.2) is 16.3 Å². The van der Waals surface area contributed by atoms with Crippen molar-refractivity contribution in [1.29, 1.82) is 0 Å². The van der Waals surface area contributed by atoms with Gasteiger partial charge in [-0.05, 0) is 24.1 Å². The second-order valence-electron chi connectivity index (χ2n) is 8.07. The fourth-order valence-electron chi connectivity index (χ4n) is 3.71. The van der Waals surface area contributed by atoms with Crippen LogP contribution in [0.1, 0.15) is 10.6 Å². The zero-order valence-corrected chi connectivity index (χ0v) is 20.8. The molecule has 0 saturated heterocycles. The Balaban J connectivity index is 1.31. The molecule has 2 aromatic carbocycles. The Morgan fingerprint density at radius 1 is 1.03 bits per heavy atom. The molecule has 10 heteroatoms. The van der Waals surface area contributed by atoms with Gasteiger partial charge in [-0.1, -0.05) is 54.2 Å². The maximum atomic E-state index is 13.2. The summed E-state index contributed by atoms with van der Waals surface area (Å²) in [6.45, 7) is 0.426. The Morgan fingerprint density at radius 3 is 2.69 bits per heavy atom. The molecule has 0 saturated carbocycles. The zero-order valence-electron chi connectivity index (χ0n) is 19.2. The molecule has 180 valence electrons. The Morgan fingerprint density at radius 2 is 1.86 bits per heavy atom. The van der Waals surface area contributed by atoms with Crippen molar-refractivity contribution in [3.05, 3.63) is 93.3 Å². The maximum absolute atomic E-state index is 13.2. The van der Waals surface area contributed by atoms with Gasteiger partial charge < -0.3 is 5.73 Å². The van der Waals surface area contributed by atoms with Crippen molar-refractivity contribution in [2.45, 2.75) is 24.5 Å². The summed E-state index contributed by atoms with van der Waals surface area (Å²) in [5.74, 6) is 0.160. The molecule has 3 aromatic heterocycles. The summed E-state index contributed by atoms with van der Waals surface area (Å²) < 4.78 is 1.59. The minimum atomic E-state index is -0.259. The summed E-state index contributed by atoms with van der Waals surface area (Å²) in [6, 6.07) is 17.4. The van der Waals surface area contributed by atoms with E-state index in [9.17, 15) is 9.59 Å². The number of benzene rings is 2. The number of hydrogen-bond donors (Lipinski definition) is 1. The van der Waals surface area contributed by atoms with Crippen LogP contribution in [0.2, 0.25) is 0 Å². The molecule has 5 rings (SSSR count). The van der Waals surface area contributed by atoms with Crippen molar-refractivity contribution in [2.24, 2.45) is 0 Å². The highest BCUT2D eigenvalue weighted by atomic mass is 32.2. The smallest absolute Gasteiger partial charge is 0.282 e. The minimum absolute atomic E-state index is 0.00317. The number of nitrogens with two attached hydrogens (primary N) is 1. The van der Waals surface area contributed by atoms with Crippen LogP contribution in [-0.2, 0) is 24.2 Å². The predicted molar refractivity (Wildman–Crippen MR) is 143 cm³/mol. The number of carbonyl (C=O) groups is 1. The first-order valence-corrected chi connectivity index (χ1v) is 13.1. The van der Waals surface area contributed by atoms with E-state index in [0.29, 0.717) is 23.8 Å². The van der Waals surface area contributed by atoms with Crippen molar-refractivity contribution in [1.82, 2.24) is 24.5 Å². The standard InChI is InChI=1S/C26H22N6O2S2/c27-19-8-4-7-18(13-19)21-16-35-22(30-21)14-20(33)15-36-26-31-24-23(28-10-11-29-24)25(34)32(26)12-9-17-5-2-1-3-6-17/h1-8,10-11,13,16H,9,12,14-15,27H2. The molecule has 0 radical (unpaired) electrons. The van der Waals surface area contributed by atoms with Crippen LogP contribution in [0.15, 0.2) is 82.3 Å². The second kappa shape index (κ2) is 10.8. The molecular formula is C26H22N6O2S2. The van der Waals surface area contributed by atoms with E-state index >= 15 is 0 Å². The molecule has 0 unspecified atom stereocenters. The zero-order chi connectivity index (χ0) is 24.9. The molecule has 0 spiro atoms. The number of carbonyl (C=O) groups excluding carboxylic acids is 1. The van der Waals surface area contributed by atoms with E-state index in [4.69, 9.17) is 5.73 Å². The van der Waals surface area contributed by atoms with E-state index in [-0.39, 0.29) is 34.7 Å². The Kier molecular flexibility index (Phi) is 7.15. The van der Waals surface area contributed by atoms with Crippen LogP contribution in [0, 0.1) is 0 Å². The SMILES string of the molecule is Nc1cccc(-c2csc(CC(=O)CSc3nc4nccnc4c(=O)n3CCc3ccccc3)n2)c1. The fraction of sp³-hybridized carbons (Fsp3) is 0.154. The van der Waals surface area contributed by atoms with Crippen LogP contribution in [0.25, 0.3) is 22.4 Å². The number of aryl methyl sites for hydroxylation is 1. The Hall–Kier alpha value is -3.89. The molecular weight excluding hydrogens is 492 g/mol. The normalized spacial score (nSPS) is 11.1. The molecule has 5 aromatic rings. The third-order valence-corrected chi connectivity index (χ3v) is 7.36. The summed E-state index contributed by atoms with van der Waals surface area (Å²) in [5.41, 5.74) is 9.60. The maximum Gasteiger partial charge on any atom is 0.282 e. The van der Waals surface area contributed by atoms with Crippen molar-refractivity contribution in [3.8, 4) is 11.3 Å². The topological polar surface area (TPSA) is 117 Å². The van der Waals surface area contributed by atoms with Gasteiger partial charge in [-0.3, -0.25) is 14.2 Å². The predicted octanol–water partition coefficient (Wildman–Crippen LogP) is 4.04. The first-order valence-electron chi connectivity index (χ1n) is 11.3. The van der Waals surface area contributed by atoms with Gasteiger partial charge in [0.25, 0.3) is 5.56 Å². The minimum Gasteiger partial charge on any atom is -0.399 e. The third kappa shape index (κ3) is 5.50. The van der Waals surface area contributed by atoms with Crippen LogP contribution >= 0.6 is 23.1 Å².